The molecule has 0 heterocycles. The fourth-order valence-electron chi connectivity index (χ4n) is 2.44. The molecule has 1 aromatic carbocycles. The molecule has 0 bridgehead atoms. The molecule has 15 heavy (non-hydrogen) atoms. The molecule has 0 aromatic heterocycles. The van der Waals surface area contributed by atoms with Gasteiger partial charge < -0.3 is 5.11 Å². The van der Waals surface area contributed by atoms with E-state index in [2.05, 4.69) is 26.0 Å². The third-order valence-corrected chi connectivity index (χ3v) is 3.20. The summed E-state index contributed by atoms with van der Waals surface area (Å²) in [5, 5.41) is 10.6. The van der Waals surface area contributed by atoms with Crippen LogP contribution in [0.3, 0.4) is 0 Å². The SMILES string of the molecule is Cc1ccccc1[C@]1(O)C=CC[C@H](C)C1. The van der Waals surface area contributed by atoms with Gasteiger partial charge >= 0.3 is 0 Å². The van der Waals surface area contributed by atoms with Gasteiger partial charge in [-0.2, -0.15) is 0 Å². The van der Waals surface area contributed by atoms with E-state index in [9.17, 15) is 5.11 Å². The predicted octanol–water partition coefficient (Wildman–Crippen LogP) is 3.17. The van der Waals surface area contributed by atoms with E-state index in [0.717, 1.165) is 18.4 Å². The smallest absolute Gasteiger partial charge is 0.108 e. The molecule has 0 amide bonds. The Morgan fingerprint density at radius 2 is 2.07 bits per heavy atom. The molecule has 0 spiro atoms. The molecule has 1 aromatic rings. The van der Waals surface area contributed by atoms with Crippen molar-refractivity contribution in [3.8, 4) is 0 Å². The average Bonchev–Trinajstić information content (AvgIpc) is 2.17. The third kappa shape index (κ3) is 1.98. The second-order valence-electron chi connectivity index (χ2n) is 4.69. The summed E-state index contributed by atoms with van der Waals surface area (Å²) >= 11 is 0. The van der Waals surface area contributed by atoms with Gasteiger partial charge in [0.2, 0.25) is 0 Å². The number of hydrogen-bond donors (Lipinski definition) is 1. The number of benzene rings is 1. The van der Waals surface area contributed by atoms with E-state index in [4.69, 9.17) is 0 Å². The Hall–Kier alpha value is -1.08. The van der Waals surface area contributed by atoms with Gasteiger partial charge in [-0.1, -0.05) is 43.3 Å². The lowest BCUT2D eigenvalue weighted by Crippen LogP contribution is -2.29. The molecular formula is C14H18O. The summed E-state index contributed by atoms with van der Waals surface area (Å²) in [4.78, 5) is 0. The lowest BCUT2D eigenvalue weighted by Gasteiger charge is -2.32. The van der Waals surface area contributed by atoms with Crippen molar-refractivity contribution in [1.29, 1.82) is 0 Å². The molecule has 1 nitrogen and oxygen atoms in total. The van der Waals surface area contributed by atoms with Gasteiger partial charge in [-0.05, 0) is 36.8 Å². The van der Waals surface area contributed by atoms with Gasteiger partial charge in [0, 0.05) is 0 Å². The lowest BCUT2D eigenvalue weighted by atomic mass is 9.78. The van der Waals surface area contributed by atoms with Crippen molar-refractivity contribution in [2.45, 2.75) is 32.3 Å². The van der Waals surface area contributed by atoms with Crippen LogP contribution in [-0.4, -0.2) is 5.11 Å². The standard InChI is InChI=1S/C14H18O/c1-11-6-5-9-14(15,10-11)13-8-4-3-7-12(13)2/h3-5,7-9,11,15H,6,10H2,1-2H3/t11-,14-/m0/s1. The van der Waals surface area contributed by atoms with Gasteiger partial charge in [0.15, 0.2) is 0 Å². The first-order chi connectivity index (χ1) is 7.12. The highest BCUT2D eigenvalue weighted by Gasteiger charge is 2.31. The quantitative estimate of drug-likeness (QED) is 0.693. The largest absolute Gasteiger partial charge is 0.381 e. The van der Waals surface area contributed by atoms with Crippen molar-refractivity contribution in [3.63, 3.8) is 0 Å². The fraction of sp³-hybridized carbons (Fsp3) is 0.429. The van der Waals surface area contributed by atoms with Gasteiger partial charge in [0.05, 0.1) is 0 Å². The highest BCUT2D eigenvalue weighted by atomic mass is 16.3. The van der Waals surface area contributed by atoms with E-state index in [1.807, 2.05) is 24.3 Å². The second kappa shape index (κ2) is 3.82. The predicted molar refractivity (Wildman–Crippen MR) is 62.6 cm³/mol. The zero-order chi connectivity index (χ0) is 10.9. The van der Waals surface area contributed by atoms with E-state index in [0.29, 0.717) is 5.92 Å². The van der Waals surface area contributed by atoms with Crippen molar-refractivity contribution in [1.82, 2.24) is 0 Å². The highest BCUT2D eigenvalue weighted by molar-refractivity contribution is 5.35. The maximum atomic E-state index is 10.6. The monoisotopic (exact) mass is 202 g/mol. The van der Waals surface area contributed by atoms with E-state index in [-0.39, 0.29) is 0 Å². The summed E-state index contributed by atoms with van der Waals surface area (Å²) in [6, 6.07) is 8.09. The fourth-order valence-corrected chi connectivity index (χ4v) is 2.44. The summed E-state index contributed by atoms with van der Waals surface area (Å²) in [7, 11) is 0. The molecule has 1 heteroatoms. The average molecular weight is 202 g/mol. The summed E-state index contributed by atoms with van der Waals surface area (Å²) in [5.41, 5.74) is 1.47. The van der Waals surface area contributed by atoms with Crippen LogP contribution in [-0.2, 0) is 5.60 Å². The Bertz CT molecular complexity index is 381. The maximum Gasteiger partial charge on any atom is 0.108 e. The Morgan fingerprint density at radius 1 is 1.33 bits per heavy atom. The van der Waals surface area contributed by atoms with E-state index in [1.54, 1.807) is 0 Å². The van der Waals surface area contributed by atoms with Crippen LogP contribution in [0.2, 0.25) is 0 Å². The normalized spacial score (nSPS) is 30.5. The first-order valence-corrected chi connectivity index (χ1v) is 5.58. The molecule has 1 N–H and O–H groups in total. The number of aliphatic hydroxyl groups is 1. The van der Waals surface area contributed by atoms with E-state index >= 15 is 0 Å². The molecule has 1 aliphatic carbocycles. The van der Waals surface area contributed by atoms with Crippen LogP contribution in [0.25, 0.3) is 0 Å². The summed E-state index contributed by atoms with van der Waals surface area (Å²) in [6.07, 6.45) is 5.96. The zero-order valence-corrected chi connectivity index (χ0v) is 9.40. The molecule has 2 rings (SSSR count). The summed E-state index contributed by atoms with van der Waals surface area (Å²) in [6.45, 7) is 4.24. The highest BCUT2D eigenvalue weighted by Crippen LogP contribution is 2.36. The summed E-state index contributed by atoms with van der Waals surface area (Å²) < 4.78 is 0. The Balaban J connectivity index is 2.41. The molecular weight excluding hydrogens is 184 g/mol. The molecule has 80 valence electrons. The molecule has 0 saturated carbocycles. The zero-order valence-electron chi connectivity index (χ0n) is 9.40. The topological polar surface area (TPSA) is 20.2 Å². The van der Waals surface area contributed by atoms with E-state index < -0.39 is 5.60 Å². The molecule has 0 unspecified atom stereocenters. The lowest BCUT2D eigenvalue weighted by molar-refractivity contribution is 0.0562. The number of rotatable bonds is 1. The van der Waals surface area contributed by atoms with Crippen LogP contribution in [0.5, 0.6) is 0 Å². The molecule has 0 fully saturated rings. The Labute approximate surface area is 91.4 Å². The van der Waals surface area contributed by atoms with Crippen molar-refractivity contribution in [2.24, 2.45) is 5.92 Å². The van der Waals surface area contributed by atoms with Gasteiger partial charge in [0.25, 0.3) is 0 Å². The van der Waals surface area contributed by atoms with E-state index in [1.165, 1.54) is 5.56 Å². The van der Waals surface area contributed by atoms with Crippen molar-refractivity contribution in [2.75, 3.05) is 0 Å². The van der Waals surface area contributed by atoms with Crippen LogP contribution in [0.15, 0.2) is 36.4 Å². The molecule has 1 aliphatic rings. The molecule has 0 radical (unpaired) electrons. The van der Waals surface area contributed by atoms with Crippen LogP contribution in [0.1, 0.15) is 30.9 Å². The Kier molecular flexibility index (Phi) is 2.66. The van der Waals surface area contributed by atoms with Crippen LogP contribution in [0.4, 0.5) is 0 Å². The number of hydrogen-bond acceptors (Lipinski definition) is 1. The number of aryl methyl sites for hydroxylation is 1. The van der Waals surface area contributed by atoms with Gasteiger partial charge in [-0.15, -0.1) is 0 Å². The first-order valence-electron chi connectivity index (χ1n) is 5.58. The maximum absolute atomic E-state index is 10.6. The number of allylic oxidation sites excluding steroid dienone is 1. The molecule has 0 aliphatic heterocycles. The van der Waals surface area contributed by atoms with Crippen molar-refractivity contribution >= 4 is 0 Å². The van der Waals surface area contributed by atoms with Crippen LogP contribution < -0.4 is 0 Å². The van der Waals surface area contributed by atoms with Crippen LogP contribution >= 0.6 is 0 Å². The van der Waals surface area contributed by atoms with Crippen molar-refractivity contribution in [3.05, 3.63) is 47.5 Å². The minimum absolute atomic E-state index is 0.555. The van der Waals surface area contributed by atoms with Gasteiger partial charge in [-0.3, -0.25) is 0 Å². The minimum atomic E-state index is -0.747. The van der Waals surface area contributed by atoms with Gasteiger partial charge in [0.1, 0.15) is 5.60 Å². The van der Waals surface area contributed by atoms with Crippen LogP contribution in [0, 0.1) is 12.8 Å². The summed E-state index contributed by atoms with van der Waals surface area (Å²) in [5.74, 6) is 0.555. The molecule has 0 saturated heterocycles. The minimum Gasteiger partial charge on any atom is -0.381 e. The second-order valence-corrected chi connectivity index (χ2v) is 4.69. The van der Waals surface area contributed by atoms with Gasteiger partial charge in [-0.25, -0.2) is 0 Å². The van der Waals surface area contributed by atoms with Crippen molar-refractivity contribution < 1.29 is 5.11 Å². The molecule has 2 atom stereocenters. The first kappa shape index (κ1) is 10.4. The Morgan fingerprint density at radius 3 is 2.73 bits per heavy atom. The third-order valence-electron chi connectivity index (χ3n) is 3.20.